The molecule has 0 radical (unpaired) electrons. The first-order chi connectivity index (χ1) is 13.9. The molecule has 1 aromatic carbocycles. The van der Waals surface area contributed by atoms with Gasteiger partial charge in [-0.2, -0.15) is 5.26 Å². The lowest BCUT2D eigenvalue weighted by molar-refractivity contribution is -0.117. The molecule has 1 atom stereocenters. The highest BCUT2D eigenvalue weighted by molar-refractivity contribution is 6.01. The number of aromatic nitrogens is 1. The van der Waals surface area contributed by atoms with Crippen LogP contribution >= 0.6 is 0 Å². The molecule has 29 heavy (non-hydrogen) atoms. The van der Waals surface area contributed by atoms with Gasteiger partial charge >= 0.3 is 0 Å². The molecular formula is C22H26FN3O3. The van der Waals surface area contributed by atoms with Crippen molar-refractivity contribution in [3.63, 3.8) is 0 Å². The summed E-state index contributed by atoms with van der Waals surface area (Å²) in [7, 11) is 1.65. The second-order valence-electron chi connectivity index (χ2n) is 6.73. The number of aryl methyl sites for hydroxylation is 1. The highest BCUT2D eigenvalue weighted by atomic mass is 19.1. The molecule has 1 unspecified atom stereocenters. The van der Waals surface area contributed by atoms with Gasteiger partial charge in [0.15, 0.2) is 0 Å². The number of carbonyl (C=O) groups is 1. The fourth-order valence-electron chi connectivity index (χ4n) is 3.23. The van der Waals surface area contributed by atoms with Crippen molar-refractivity contribution in [3.05, 3.63) is 58.7 Å². The van der Waals surface area contributed by atoms with Gasteiger partial charge in [0.25, 0.3) is 5.91 Å². The first-order valence-electron chi connectivity index (χ1n) is 9.33. The Bertz CT molecular complexity index is 928. The summed E-state index contributed by atoms with van der Waals surface area (Å²) in [5.74, 6) is -0.489. The molecule has 0 spiro atoms. The van der Waals surface area contributed by atoms with Crippen LogP contribution in [0.2, 0.25) is 0 Å². The van der Waals surface area contributed by atoms with E-state index < -0.39 is 11.7 Å². The average molecular weight is 399 g/mol. The summed E-state index contributed by atoms with van der Waals surface area (Å²) in [5.41, 5.74) is 2.81. The van der Waals surface area contributed by atoms with Crippen LogP contribution in [-0.4, -0.2) is 37.3 Å². The van der Waals surface area contributed by atoms with Crippen LogP contribution in [0.15, 0.2) is 35.9 Å². The summed E-state index contributed by atoms with van der Waals surface area (Å²) in [6.45, 7) is 6.90. The lowest BCUT2D eigenvalue weighted by atomic mass is 10.1. The number of hydrogen-bond acceptors (Lipinski definition) is 4. The van der Waals surface area contributed by atoms with Gasteiger partial charge in [0.1, 0.15) is 29.8 Å². The number of nitrogens with zero attached hydrogens (tertiary/aromatic N) is 2. The third-order valence-electron chi connectivity index (χ3n) is 4.49. The van der Waals surface area contributed by atoms with Crippen LogP contribution in [-0.2, 0) is 9.53 Å². The van der Waals surface area contributed by atoms with Gasteiger partial charge in [-0.15, -0.1) is 0 Å². The van der Waals surface area contributed by atoms with E-state index in [-0.39, 0.29) is 24.8 Å². The Labute approximate surface area is 170 Å². The lowest BCUT2D eigenvalue weighted by Crippen LogP contribution is -2.29. The molecule has 0 fully saturated rings. The highest BCUT2D eigenvalue weighted by Crippen LogP contribution is 2.22. The van der Waals surface area contributed by atoms with Crippen LogP contribution in [0.1, 0.15) is 29.9 Å². The van der Waals surface area contributed by atoms with E-state index in [9.17, 15) is 14.4 Å². The molecule has 2 aromatic rings. The molecule has 0 aliphatic rings. The Morgan fingerprint density at radius 1 is 1.38 bits per heavy atom. The van der Waals surface area contributed by atoms with E-state index in [1.165, 1.54) is 12.1 Å². The first-order valence-corrected chi connectivity index (χ1v) is 9.33. The largest absolute Gasteiger partial charge is 0.492 e. The molecule has 1 amide bonds. The van der Waals surface area contributed by atoms with Gasteiger partial charge in [-0.05, 0) is 50.6 Å². The van der Waals surface area contributed by atoms with E-state index in [4.69, 9.17) is 9.47 Å². The standard InChI is InChI=1S/C22H26FN3O3/c1-15-10-18(17(3)26(15)16(2)14-28-4)11-19(13-24)22(27)25-8-9-29-21-7-5-6-20(23)12-21/h5-7,10-12,16H,8-9,14H2,1-4H3,(H,25,27)/b19-11-. The Kier molecular flexibility index (Phi) is 7.98. The molecular weight excluding hydrogens is 373 g/mol. The second kappa shape index (κ2) is 10.4. The number of nitriles is 1. The average Bonchev–Trinajstić information content (AvgIpc) is 2.96. The predicted octanol–water partition coefficient (Wildman–Crippen LogP) is 3.55. The minimum atomic E-state index is -0.481. The van der Waals surface area contributed by atoms with Crippen molar-refractivity contribution in [2.24, 2.45) is 0 Å². The number of halogens is 1. The Balaban J connectivity index is 2.01. The molecule has 1 N–H and O–H groups in total. The van der Waals surface area contributed by atoms with Crippen LogP contribution < -0.4 is 10.1 Å². The number of methoxy groups -OCH3 is 1. The molecule has 7 heteroatoms. The van der Waals surface area contributed by atoms with Crippen LogP contribution in [0.4, 0.5) is 4.39 Å². The second-order valence-corrected chi connectivity index (χ2v) is 6.73. The van der Waals surface area contributed by atoms with E-state index >= 15 is 0 Å². The topological polar surface area (TPSA) is 76.3 Å². The summed E-state index contributed by atoms with van der Waals surface area (Å²) >= 11 is 0. The van der Waals surface area contributed by atoms with Gasteiger partial charge in [-0.25, -0.2) is 4.39 Å². The van der Waals surface area contributed by atoms with Gasteiger partial charge in [0.2, 0.25) is 0 Å². The third-order valence-corrected chi connectivity index (χ3v) is 4.49. The number of amides is 1. The zero-order valence-corrected chi connectivity index (χ0v) is 17.2. The van der Waals surface area contributed by atoms with Gasteiger partial charge in [0, 0.05) is 24.6 Å². The van der Waals surface area contributed by atoms with Crippen molar-refractivity contribution in [1.82, 2.24) is 9.88 Å². The number of rotatable bonds is 9. The van der Waals surface area contributed by atoms with Gasteiger partial charge in [0.05, 0.1) is 19.2 Å². The molecule has 0 aliphatic heterocycles. The quantitative estimate of drug-likeness (QED) is 0.397. The Hall–Kier alpha value is -3.11. The van der Waals surface area contributed by atoms with Crippen molar-refractivity contribution in [3.8, 4) is 11.8 Å². The number of benzene rings is 1. The molecule has 0 saturated carbocycles. The summed E-state index contributed by atoms with van der Waals surface area (Å²) in [6, 6.07) is 9.80. The van der Waals surface area contributed by atoms with E-state index in [0.29, 0.717) is 12.4 Å². The number of hydrogen-bond donors (Lipinski definition) is 1. The summed E-state index contributed by atoms with van der Waals surface area (Å²) < 4.78 is 25.8. The number of carbonyl (C=O) groups excluding carboxylic acids is 1. The highest BCUT2D eigenvalue weighted by Gasteiger charge is 2.15. The lowest BCUT2D eigenvalue weighted by Gasteiger charge is -2.17. The van der Waals surface area contributed by atoms with Crippen molar-refractivity contribution in [2.75, 3.05) is 26.9 Å². The van der Waals surface area contributed by atoms with Crippen LogP contribution in [0.5, 0.6) is 5.75 Å². The van der Waals surface area contributed by atoms with Crippen LogP contribution in [0.3, 0.4) is 0 Å². The molecule has 0 aliphatic carbocycles. The molecule has 1 aromatic heterocycles. The maximum absolute atomic E-state index is 13.1. The molecule has 6 nitrogen and oxygen atoms in total. The van der Waals surface area contributed by atoms with Gasteiger partial charge in [-0.1, -0.05) is 6.07 Å². The first kappa shape index (κ1) is 22.2. The summed E-state index contributed by atoms with van der Waals surface area (Å²) in [6.07, 6.45) is 1.58. The van der Waals surface area contributed by atoms with Crippen LogP contribution in [0, 0.1) is 31.0 Å². The van der Waals surface area contributed by atoms with E-state index in [0.717, 1.165) is 17.0 Å². The normalized spacial score (nSPS) is 12.3. The molecule has 0 bridgehead atoms. The minimum Gasteiger partial charge on any atom is -0.492 e. The number of ether oxygens (including phenoxy) is 2. The maximum atomic E-state index is 13.1. The zero-order chi connectivity index (χ0) is 21.4. The van der Waals surface area contributed by atoms with Gasteiger partial charge in [-0.3, -0.25) is 4.79 Å². The molecule has 2 rings (SSSR count). The number of nitrogens with one attached hydrogen (secondary N) is 1. The molecule has 0 saturated heterocycles. The SMILES string of the molecule is COCC(C)n1c(C)cc(/C=C(/C#N)C(=O)NCCOc2cccc(F)c2)c1C. The van der Waals surface area contributed by atoms with E-state index in [1.54, 1.807) is 25.3 Å². The maximum Gasteiger partial charge on any atom is 0.262 e. The monoisotopic (exact) mass is 399 g/mol. The van der Waals surface area contributed by atoms with E-state index in [2.05, 4.69) is 9.88 Å². The van der Waals surface area contributed by atoms with Crippen LogP contribution in [0.25, 0.3) is 6.08 Å². The van der Waals surface area contributed by atoms with Crippen molar-refractivity contribution in [1.29, 1.82) is 5.26 Å². The molecule has 1 heterocycles. The van der Waals surface area contributed by atoms with Crippen molar-refractivity contribution in [2.45, 2.75) is 26.8 Å². The van der Waals surface area contributed by atoms with Crippen molar-refractivity contribution >= 4 is 12.0 Å². The molecule has 154 valence electrons. The minimum absolute atomic E-state index is 0.00963. The summed E-state index contributed by atoms with van der Waals surface area (Å²) in [4.78, 5) is 12.3. The van der Waals surface area contributed by atoms with Crippen molar-refractivity contribution < 1.29 is 18.7 Å². The predicted molar refractivity (Wildman–Crippen MR) is 109 cm³/mol. The van der Waals surface area contributed by atoms with E-state index in [1.807, 2.05) is 32.9 Å². The summed E-state index contributed by atoms with van der Waals surface area (Å²) in [5, 5.41) is 12.1. The smallest absolute Gasteiger partial charge is 0.262 e. The van der Waals surface area contributed by atoms with Gasteiger partial charge < -0.3 is 19.4 Å². The Morgan fingerprint density at radius 2 is 2.14 bits per heavy atom. The fraction of sp³-hybridized carbons (Fsp3) is 0.364. The fourth-order valence-corrected chi connectivity index (χ4v) is 3.23. The third kappa shape index (κ3) is 5.93. The Morgan fingerprint density at radius 3 is 2.79 bits per heavy atom. The zero-order valence-electron chi connectivity index (χ0n) is 17.2.